The summed E-state index contributed by atoms with van der Waals surface area (Å²) in [5.74, 6) is -1.35. The minimum Gasteiger partial charge on any atom is -0.480 e. The fourth-order valence-electron chi connectivity index (χ4n) is 5.39. The minimum atomic E-state index is -1.03. The molecule has 0 saturated carbocycles. The van der Waals surface area contributed by atoms with Crippen LogP contribution in [-0.2, 0) is 19.1 Å². The molecule has 0 aromatic heterocycles. The van der Waals surface area contributed by atoms with Gasteiger partial charge in [-0.2, -0.15) is 0 Å². The molecule has 50 heavy (non-hydrogen) atoms. The normalized spacial score (nSPS) is 12.8. The number of ether oxygens (including phenoxy) is 1. The molecule has 6 heteroatoms. The van der Waals surface area contributed by atoms with E-state index in [0.717, 1.165) is 89.9 Å². The summed E-state index contributed by atoms with van der Waals surface area (Å²) >= 11 is 0. The van der Waals surface area contributed by atoms with Gasteiger partial charge in [-0.1, -0.05) is 145 Å². The van der Waals surface area contributed by atoms with Crippen molar-refractivity contribution < 1.29 is 24.2 Å². The molecule has 2 N–H and O–H groups in total. The van der Waals surface area contributed by atoms with Crippen LogP contribution >= 0.6 is 0 Å². The number of allylic oxidation sites excluding steroid dienone is 11. The molecule has 0 spiro atoms. The van der Waals surface area contributed by atoms with Crippen molar-refractivity contribution in [2.75, 3.05) is 6.54 Å². The van der Waals surface area contributed by atoms with Gasteiger partial charge in [0.25, 0.3) is 0 Å². The third-order valence-electron chi connectivity index (χ3n) is 8.35. The maximum Gasteiger partial charge on any atom is 0.322 e. The van der Waals surface area contributed by atoms with Crippen LogP contribution in [0.5, 0.6) is 0 Å². The van der Waals surface area contributed by atoms with Gasteiger partial charge >= 0.3 is 11.9 Å². The van der Waals surface area contributed by atoms with Crippen LogP contribution in [0.3, 0.4) is 0 Å². The SMILES string of the molecule is CC/C=C\C/C=C\C/C=C\C/C=C\C/C=C\CCCCCCCCCC(=O)OC(/C=C\CCCCCC)CCCCCCC(=O)NCC(=O)O. The maximum absolute atomic E-state index is 12.6. The Hall–Kier alpha value is -3.15. The number of hydrogen-bond acceptors (Lipinski definition) is 4. The van der Waals surface area contributed by atoms with E-state index in [1.807, 2.05) is 0 Å². The van der Waals surface area contributed by atoms with Crippen LogP contribution in [0.25, 0.3) is 0 Å². The van der Waals surface area contributed by atoms with E-state index in [9.17, 15) is 14.4 Å². The summed E-state index contributed by atoms with van der Waals surface area (Å²) in [5, 5.41) is 11.0. The first-order valence-electron chi connectivity index (χ1n) is 20.1. The fraction of sp³-hybridized carbons (Fsp3) is 0.659. The van der Waals surface area contributed by atoms with E-state index in [1.165, 1.54) is 57.8 Å². The average Bonchev–Trinajstić information content (AvgIpc) is 3.10. The first-order valence-corrected chi connectivity index (χ1v) is 20.1. The van der Waals surface area contributed by atoms with Gasteiger partial charge in [0.05, 0.1) is 0 Å². The van der Waals surface area contributed by atoms with Crippen molar-refractivity contribution in [3.63, 3.8) is 0 Å². The summed E-state index contributed by atoms with van der Waals surface area (Å²) in [6, 6.07) is 0. The number of carbonyl (C=O) groups excluding carboxylic acids is 2. The summed E-state index contributed by atoms with van der Waals surface area (Å²) in [4.78, 5) is 34.8. The number of aliphatic carboxylic acids is 1. The molecule has 1 amide bonds. The Labute approximate surface area is 306 Å². The Morgan fingerprint density at radius 1 is 0.560 bits per heavy atom. The maximum atomic E-state index is 12.6. The van der Waals surface area contributed by atoms with E-state index >= 15 is 0 Å². The fourth-order valence-corrected chi connectivity index (χ4v) is 5.39. The molecule has 1 unspecified atom stereocenters. The molecule has 0 aliphatic heterocycles. The smallest absolute Gasteiger partial charge is 0.322 e. The molecule has 6 nitrogen and oxygen atoms in total. The summed E-state index contributed by atoms with van der Waals surface area (Å²) in [6.07, 6.45) is 51.9. The molecule has 0 heterocycles. The average molecular weight is 696 g/mol. The summed E-state index contributed by atoms with van der Waals surface area (Å²) in [5.41, 5.74) is 0. The number of carbonyl (C=O) groups is 3. The van der Waals surface area contributed by atoms with E-state index in [-0.39, 0.29) is 24.5 Å². The van der Waals surface area contributed by atoms with Gasteiger partial charge in [-0.3, -0.25) is 14.4 Å². The lowest BCUT2D eigenvalue weighted by atomic mass is 10.1. The second-order valence-corrected chi connectivity index (χ2v) is 13.2. The number of carboxylic acids is 1. The highest BCUT2D eigenvalue weighted by Crippen LogP contribution is 2.15. The summed E-state index contributed by atoms with van der Waals surface area (Å²) < 4.78 is 5.86. The lowest BCUT2D eigenvalue weighted by molar-refractivity contribution is -0.147. The van der Waals surface area contributed by atoms with E-state index < -0.39 is 5.97 Å². The molecule has 0 bridgehead atoms. The Bertz CT molecular complexity index is 990. The van der Waals surface area contributed by atoms with Crippen molar-refractivity contribution in [3.05, 3.63) is 72.9 Å². The second-order valence-electron chi connectivity index (χ2n) is 13.2. The summed E-state index contributed by atoms with van der Waals surface area (Å²) in [7, 11) is 0. The van der Waals surface area contributed by atoms with E-state index in [2.05, 4.69) is 92.1 Å². The lowest BCUT2D eigenvalue weighted by Gasteiger charge is -2.15. The van der Waals surface area contributed by atoms with Crippen molar-refractivity contribution in [3.8, 4) is 0 Å². The minimum absolute atomic E-state index is 0.0993. The summed E-state index contributed by atoms with van der Waals surface area (Å²) in [6.45, 7) is 4.04. The zero-order valence-corrected chi connectivity index (χ0v) is 32.0. The molecule has 0 saturated heterocycles. The lowest BCUT2D eigenvalue weighted by Crippen LogP contribution is -2.28. The van der Waals surface area contributed by atoms with E-state index in [4.69, 9.17) is 9.84 Å². The highest BCUT2D eigenvalue weighted by Gasteiger charge is 2.12. The Kier molecular flexibility index (Phi) is 36.2. The molecule has 0 aromatic rings. The van der Waals surface area contributed by atoms with Crippen LogP contribution in [0.2, 0.25) is 0 Å². The molecule has 0 aromatic carbocycles. The molecular formula is C44H73NO5. The van der Waals surface area contributed by atoms with E-state index in [0.29, 0.717) is 12.8 Å². The number of carboxylic acid groups (broad SMARTS) is 1. The molecule has 0 aliphatic rings. The number of rotatable bonds is 35. The van der Waals surface area contributed by atoms with E-state index in [1.54, 1.807) is 0 Å². The predicted molar refractivity (Wildman–Crippen MR) is 212 cm³/mol. The zero-order valence-electron chi connectivity index (χ0n) is 32.0. The Balaban J connectivity index is 3.99. The van der Waals surface area contributed by atoms with Crippen molar-refractivity contribution in [2.24, 2.45) is 0 Å². The molecular weight excluding hydrogens is 622 g/mol. The van der Waals surface area contributed by atoms with Crippen LogP contribution in [0.15, 0.2) is 72.9 Å². The first-order chi connectivity index (χ1) is 24.5. The Morgan fingerprint density at radius 2 is 1.04 bits per heavy atom. The van der Waals surface area contributed by atoms with Gasteiger partial charge in [-0.25, -0.2) is 0 Å². The number of amides is 1. The Morgan fingerprint density at radius 3 is 1.62 bits per heavy atom. The monoisotopic (exact) mass is 696 g/mol. The number of esters is 1. The van der Waals surface area contributed by atoms with Gasteiger partial charge in [-0.15, -0.1) is 0 Å². The first kappa shape index (κ1) is 46.9. The van der Waals surface area contributed by atoms with Crippen LogP contribution in [0.1, 0.15) is 174 Å². The highest BCUT2D eigenvalue weighted by molar-refractivity contribution is 5.80. The third-order valence-corrected chi connectivity index (χ3v) is 8.35. The van der Waals surface area contributed by atoms with Crippen LogP contribution in [-0.4, -0.2) is 35.6 Å². The molecule has 0 rings (SSSR count). The number of nitrogens with one attached hydrogen (secondary N) is 1. The van der Waals surface area contributed by atoms with Crippen molar-refractivity contribution in [2.45, 2.75) is 180 Å². The molecule has 284 valence electrons. The molecule has 0 fully saturated rings. The van der Waals surface area contributed by atoms with Gasteiger partial charge < -0.3 is 15.2 Å². The molecule has 1 atom stereocenters. The third kappa shape index (κ3) is 37.7. The van der Waals surface area contributed by atoms with Gasteiger partial charge in [0.1, 0.15) is 12.6 Å². The standard InChI is InChI=1S/C44H73NO5/c1-3-5-7-9-11-12-13-14-15-16-17-18-19-20-21-22-23-24-25-26-27-29-35-39-44(49)50-41(36-32-28-10-8-6-4-2)37-33-30-31-34-38-42(46)45-40-43(47)48/h5,7,11-12,14-15,17-18,20-21,32,36,41H,3-4,6,8-10,13,16,19,22-31,33-35,37-40H2,1-2H3,(H,45,46)(H,47,48)/b7-5-,12-11-,15-14-,18-17-,21-20-,36-32-. The largest absolute Gasteiger partial charge is 0.480 e. The number of hydrogen-bond donors (Lipinski definition) is 2. The van der Waals surface area contributed by atoms with Crippen molar-refractivity contribution >= 4 is 17.8 Å². The van der Waals surface area contributed by atoms with Gasteiger partial charge in [0.2, 0.25) is 5.91 Å². The van der Waals surface area contributed by atoms with Gasteiger partial charge in [0.15, 0.2) is 0 Å². The molecule has 0 aliphatic carbocycles. The highest BCUT2D eigenvalue weighted by atomic mass is 16.5. The van der Waals surface area contributed by atoms with Crippen molar-refractivity contribution in [1.82, 2.24) is 5.32 Å². The topological polar surface area (TPSA) is 92.7 Å². The van der Waals surface area contributed by atoms with Crippen LogP contribution in [0.4, 0.5) is 0 Å². The van der Waals surface area contributed by atoms with Crippen molar-refractivity contribution in [1.29, 1.82) is 0 Å². The van der Waals surface area contributed by atoms with Crippen LogP contribution in [0, 0.1) is 0 Å². The second kappa shape index (κ2) is 38.6. The quantitative estimate of drug-likeness (QED) is 0.0391. The van der Waals surface area contributed by atoms with Crippen LogP contribution < -0.4 is 5.32 Å². The predicted octanol–water partition coefficient (Wildman–Crippen LogP) is 12.2. The molecule has 0 radical (unpaired) electrons. The van der Waals surface area contributed by atoms with Gasteiger partial charge in [-0.05, 0) is 89.5 Å². The number of unbranched alkanes of at least 4 members (excludes halogenated alkanes) is 14. The zero-order chi connectivity index (χ0) is 36.6. The van der Waals surface area contributed by atoms with Gasteiger partial charge in [0, 0.05) is 12.8 Å².